The zero-order chi connectivity index (χ0) is 28.4. The number of rotatable bonds is 8. The molecule has 0 unspecified atom stereocenters. The largest absolute Gasteiger partial charge is 0.495 e. The molecule has 1 saturated carbocycles. The van der Waals surface area contributed by atoms with Gasteiger partial charge in [0, 0.05) is 62.1 Å². The van der Waals surface area contributed by atoms with Crippen LogP contribution in [-0.2, 0) is 0 Å². The molecule has 2 aromatic heterocycles. The van der Waals surface area contributed by atoms with E-state index in [1.807, 2.05) is 44.4 Å². The van der Waals surface area contributed by atoms with E-state index in [-0.39, 0.29) is 6.04 Å². The number of amides is 1. The molecule has 3 aromatic rings. The average molecular weight is 549 g/mol. The van der Waals surface area contributed by atoms with Gasteiger partial charge in [0.15, 0.2) is 0 Å². The van der Waals surface area contributed by atoms with Gasteiger partial charge in [0.25, 0.3) is 0 Å². The lowest BCUT2D eigenvalue weighted by atomic mass is 9.84. The number of likely N-dealkylation sites (N-methyl/N-ethyl adjacent to an activating group) is 1. The standard InChI is InChI=1S/C31H44N6O3/c1-6-7-21(2)37(31(38)39)26-13-10-24(20-27(26)40-5)28-29-22(3)32-14-15-36(29)30(33-28)23-8-11-25(12-9-23)35-18-16-34(4)17-19-35/h10,13-15,20-21,23,25H,6-9,11-12,16-19H2,1-5H3,(H,38,39)/t21-,23?,25?/m0/s1. The Balaban J connectivity index is 1.46. The molecule has 9 heteroatoms. The first-order chi connectivity index (χ1) is 19.3. The molecule has 1 aliphatic heterocycles. The van der Waals surface area contributed by atoms with Gasteiger partial charge in [-0.1, -0.05) is 19.4 Å². The van der Waals surface area contributed by atoms with Crippen molar-refractivity contribution < 1.29 is 14.6 Å². The summed E-state index contributed by atoms with van der Waals surface area (Å²) in [5.41, 5.74) is 4.26. The second-order valence-electron chi connectivity index (χ2n) is 11.6. The summed E-state index contributed by atoms with van der Waals surface area (Å²) in [7, 11) is 3.81. The number of imidazole rings is 1. The van der Waals surface area contributed by atoms with Crippen LogP contribution in [0.1, 0.15) is 69.8 Å². The van der Waals surface area contributed by atoms with Gasteiger partial charge in [0.2, 0.25) is 0 Å². The number of nitrogens with zero attached hydrogens (tertiary/aromatic N) is 6. The SMILES string of the molecule is CCC[C@H](C)N(C(=O)O)c1ccc(-c2nc(C3CCC(N4CCN(C)CC4)CC3)n3ccnc(C)c23)cc1OC. The number of piperazine rings is 1. The Morgan fingerprint density at radius 2 is 1.90 bits per heavy atom. The molecular formula is C31H44N6O3. The van der Waals surface area contributed by atoms with Crippen LogP contribution in [0.4, 0.5) is 10.5 Å². The van der Waals surface area contributed by atoms with Gasteiger partial charge in [-0.3, -0.25) is 19.2 Å². The number of hydrogen-bond acceptors (Lipinski definition) is 6. The molecule has 1 aliphatic carbocycles. The molecule has 0 spiro atoms. The lowest BCUT2D eigenvalue weighted by Crippen LogP contribution is -2.49. The fourth-order valence-corrected chi connectivity index (χ4v) is 6.69. The highest BCUT2D eigenvalue weighted by molar-refractivity contribution is 5.90. The number of methoxy groups -OCH3 is 1. The maximum Gasteiger partial charge on any atom is 0.412 e. The van der Waals surface area contributed by atoms with Crippen molar-refractivity contribution >= 4 is 17.3 Å². The smallest absolute Gasteiger partial charge is 0.412 e. The fraction of sp³-hybridized carbons (Fsp3) is 0.581. The van der Waals surface area contributed by atoms with Gasteiger partial charge >= 0.3 is 6.09 Å². The normalized spacial score (nSPS) is 21.4. The maximum atomic E-state index is 12.2. The molecule has 0 radical (unpaired) electrons. The van der Waals surface area contributed by atoms with Gasteiger partial charge in [-0.05, 0) is 65.1 Å². The minimum absolute atomic E-state index is 0.158. The zero-order valence-electron chi connectivity index (χ0n) is 24.6. The van der Waals surface area contributed by atoms with Crippen LogP contribution in [0.5, 0.6) is 5.75 Å². The monoisotopic (exact) mass is 548 g/mol. The van der Waals surface area contributed by atoms with Gasteiger partial charge in [-0.15, -0.1) is 0 Å². The number of ether oxygens (including phenoxy) is 1. The van der Waals surface area contributed by atoms with Crippen molar-refractivity contribution in [3.63, 3.8) is 0 Å². The van der Waals surface area contributed by atoms with E-state index in [1.54, 1.807) is 7.11 Å². The summed E-state index contributed by atoms with van der Waals surface area (Å²) in [6, 6.07) is 6.26. The highest BCUT2D eigenvalue weighted by Crippen LogP contribution is 2.40. The van der Waals surface area contributed by atoms with Crippen molar-refractivity contribution in [1.82, 2.24) is 24.2 Å². The van der Waals surface area contributed by atoms with Gasteiger partial charge in [-0.2, -0.15) is 0 Å². The third-order valence-corrected chi connectivity index (χ3v) is 8.95. The second-order valence-corrected chi connectivity index (χ2v) is 11.6. The predicted octanol–water partition coefficient (Wildman–Crippen LogP) is 5.66. The first kappa shape index (κ1) is 28.4. The summed E-state index contributed by atoms with van der Waals surface area (Å²) in [6.07, 6.45) is 9.24. The Hall–Kier alpha value is -3.17. The Labute approximate surface area is 237 Å². The van der Waals surface area contributed by atoms with Crippen molar-refractivity contribution in [2.45, 2.75) is 77.3 Å². The van der Waals surface area contributed by atoms with Crippen LogP contribution in [0.25, 0.3) is 16.8 Å². The second kappa shape index (κ2) is 12.1. The molecule has 2 aliphatic rings. The van der Waals surface area contributed by atoms with Crippen molar-refractivity contribution in [2.75, 3.05) is 45.2 Å². The summed E-state index contributed by atoms with van der Waals surface area (Å²) in [5, 5.41) is 10.0. The topological polar surface area (TPSA) is 86.4 Å². The molecule has 1 saturated heterocycles. The molecule has 1 aromatic carbocycles. The summed E-state index contributed by atoms with van der Waals surface area (Å²) >= 11 is 0. The Morgan fingerprint density at radius 1 is 1.18 bits per heavy atom. The third-order valence-electron chi connectivity index (χ3n) is 8.95. The molecule has 1 N–H and O–H groups in total. The van der Waals surface area contributed by atoms with Crippen molar-refractivity contribution in [2.24, 2.45) is 0 Å². The summed E-state index contributed by atoms with van der Waals surface area (Å²) in [4.78, 5) is 28.6. The molecule has 40 heavy (non-hydrogen) atoms. The van der Waals surface area contributed by atoms with E-state index >= 15 is 0 Å². The Morgan fingerprint density at radius 3 is 2.55 bits per heavy atom. The van der Waals surface area contributed by atoms with E-state index in [0.717, 1.165) is 67.1 Å². The molecule has 2 fully saturated rings. The first-order valence-corrected chi connectivity index (χ1v) is 14.8. The molecule has 1 amide bonds. The van der Waals surface area contributed by atoms with Crippen LogP contribution in [0.3, 0.4) is 0 Å². The Bertz CT molecular complexity index is 1320. The molecule has 9 nitrogen and oxygen atoms in total. The highest BCUT2D eigenvalue weighted by Gasteiger charge is 2.31. The van der Waals surface area contributed by atoms with E-state index in [9.17, 15) is 9.90 Å². The quantitative estimate of drug-likeness (QED) is 0.389. The first-order valence-electron chi connectivity index (χ1n) is 14.8. The molecule has 0 bridgehead atoms. The minimum Gasteiger partial charge on any atom is -0.495 e. The summed E-state index contributed by atoms with van der Waals surface area (Å²) in [6.45, 7) is 10.7. The van der Waals surface area contributed by atoms with E-state index in [2.05, 4.69) is 33.2 Å². The maximum absolute atomic E-state index is 12.2. The summed E-state index contributed by atoms with van der Waals surface area (Å²) < 4.78 is 7.97. The van der Waals surface area contributed by atoms with Crippen molar-refractivity contribution in [3.8, 4) is 17.0 Å². The average Bonchev–Trinajstić information content (AvgIpc) is 3.35. The van der Waals surface area contributed by atoms with E-state index in [4.69, 9.17) is 9.72 Å². The van der Waals surface area contributed by atoms with Gasteiger partial charge in [0.05, 0.1) is 29.7 Å². The van der Waals surface area contributed by atoms with Gasteiger partial charge in [-0.25, -0.2) is 9.78 Å². The number of anilines is 1. The van der Waals surface area contributed by atoms with Gasteiger partial charge in [0.1, 0.15) is 11.6 Å². The number of fused-ring (bicyclic) bond motifs is 1. The number of carboxylic acid groups (broad SMARTS) is 1. The third kappa shape index (κ3) is 5.54. The van der Waals surface area contributed by atoms with E-state index in [0.29, 0.717) is 23.4 Å². The predicted molar refractivity (Wildman–Crippen MR) is 159 cm³/mol. The van der Waals surface area contributed by atoms with Crippen LogP contribution in [0.15, 0.2) is 30.6 Å². The lowest BCUT2D eigenvalue weighted by molar-refractivity contribution is 0.0872. The van der Waals surface area contributed by atoms with Crippen LogP contribution in [-0.4, -0.2) is 87.8 Å². The zero-order valence-corrected chi connectivity index (χ0v) is 24.6. The molecule has 3 heterocycles. The van der Waals surface area contributed by atoms with E-state index < -0.39 is 6.09 Å². The number of hydrogen-bond donors (Lipinski definition) is 1. The van der Waals surface area contributed by atoms with Gasteiger partial charge < -0.3 is 14.7 Å². The van der Waals surface area contributed by atoms with Crippen molar-refractivity contribution in [3.05, 3.63) is 42.1 Å². The highest BCUT2D eigenvalue weighted by atomic mass is 16.5. The van der Waals surface area contributed by atoms with Crippen LogP contribution < -0.4 is 9.64 Å². The fourth-order valence-electron chi connectivity index (χ4n) is 6.69. The molecule has 216 valence electrons. The Kier molecular flexibility index (Phi) is 8.61. The van der Waals surface area contributed by atoms with E-state index in [1.165, 1.54) is 30.8 Å². The van der Waals surface area contributed by atoms with Crippen LogP contribution in [0.2, 0.25) is 0 Å². The van der Waals surface area contributed by atoms with Crippen LogP contribution >= 0.6 is 0 Å². The number of aryl methyl sites for hydroxylation is 1. The summed E-state index contributed by atoms with van der Waals surface area (Å²) in [5.74, 6) is 2.02. The number of aromatic nitrogens is 3. The molecule has 5 rings (SSSR count). The minimum atomic E-state index is -0.978. The molecular weight excluding hydrogens is 504 g/mol. The lowest BCUT2D eigenvalue weighted by Gasteiger charge is -2.41. The number of carbonyl (C=O) groups is 1. The number of benzene rings is 1. The van der Waals surface area contributed by atoms with Crippen LogP contribution in [0, 0.1) is 6.92 Å². The molecule has 1 atom stereocenters. The van der Waals surface area contributed by atoms with Crippen molar-refractivity contribution in [1.29, 1.82) is 0 Å².